The molecule has 3 rings (SSSR count). The van der Waals surface area contributed by atoms with Crippen LogP contribution in [0.5, 0.6) is 0 Å². The van der Waals surface area contributed by atoms with E-state index in [9.17, 15) is 18.0 Å². The normalized spacial score (nSPS) is 18.4. The summed E-state index contributed by atoms with van der Waals surface area (Å²) in [6.07, 6.45) is 2.53. The fraction of sp³-hybridized carbons (Fsp3) is 0.375. The minimum absolute atomic E-state index is 0.0900. The maximum Gasteiger partial charge on any atom is 0.273 e. The van der Waals surface area contributed by atoms with Crippen LogP contribution in [0.2, 0.25) is 0 Å². The summed E-state index contributed by atoms with van der Waals surface area (Å²) < 4.78 is 31.8. The summed E-state index contributed by atoms with van der Waals surface area (Å²) in [4.78, 5) is 24.4. The second kappa shape index (κ2) is 7.60. The number of nitrogens with one attached hydrogen (secondary N) is 2. The molecule has 2 N–H and O–H groups in total. The lowest BCUT2D eigenvalue weighted by atomic mass is 9.99. The van der Waals surface area contributed by atoms with E-state index in [0.29, 0.717) is 30.7 Å². The number of rotatable bonds is 4. The van der Waals surface area contributed by atoms with Gasteiger partial charge in [0.1, 0.15) is 9.97 Å². The first-order chi connectivity index (χ1) is 12.4. The molecule has 1 aliphatic rings. The zero-order chi connectivity index (χ0) is 18.7. The van der Waals surface area contributed by atoms with Gasteiger partial charge >= 0.3 is 0 Å². The Kier molecular flexibility index (Phi) is 5.44. The van der Waals surface area contributed by atoms with Gasteiger partial charge in [-0.3, -0.25) is 20.4 Å². The number of piperidine rings is 1. The topological polar surface area (TPSA) is 109 Å². The molecule has 10 heteroatoms. The number of amides is 2. The van der Waals surface area contributed by atoms with Crippen LogP contribution in [0.4, 0.5) is 0 Å². The second-order valence-corrected chi connectivity index (χ2v) is 9.08. The van der Waals surface area contributed by atoms with E-state index in [4.69, 9.17) is 4.42 Å². The predicted octanol–water partition coefficient (Wildman–Crippen LogP) is 1.51. The van der Waals surface area contributed by atoms with Crippen molar-refractivity contribution >= 4 is 33.2 Å². The third-order valence-electron chi connectivity index (χ3n) is 4.25. The van der Waals surface area contributed by atoms with Crippen LogP contribution in [0, 0.1) is 12.8 Å². The molecule has 8 nitrogen and oxygen atoms in total. The highest BCUT2D eigenvalue weighted by molar-refractivity contribution is 7.91. The van der Waals surface area contributed by atoms with Gasteiger partial charge in [-0.15, -0.1) is 11.3 Å². The first-order valence-electron chi connectivity index (χ1n) is 8.07. The first kappa shape index (κ1) is 18.6. The van der Waals surface area contributed by atoms with Crippen LogP contribution in [0.1, 0.15) is 29.0 Å². The Hall–Kier alpha value is -2.17. The average molecular weight is 397 g/mol. The van der Waals surface area contributed by atoms with Crippen LogP contribution < -0.4 is 10.9 Å². The number of carbonyl (C=O) groups is 2. The van der Waals surface area contributed by atoms with Crippen molar-refractivity contribution < 1.29 is 22.4 Å². The standard InChI is InChI=1S/C16H19N3O5S2/c1-11-13(6-8-24-11)16(21)18-17-15(20)12-4-2-7-19(10-12)26(22,23)14-5-3-9-25-14/h3,5-6,8-9,12H,2,4,7,10H2,1H3,(H,17,20)(H,18,21)/t12-/m1/s1. The number of hydrazine groups is 1. The van der Waals surface area contributed by atoms with E-state index in [-0.39, 0.29) is 10.8 Å². The highest BCUT2D eigenvalue weighted by Gasteiger charge is 2.34. The van der Waals surface area contributed by atoms with E-state index in [1.807, 2.05) is 0 Å². The lowest BCUT2D eigenvalue weighted by Crippen LogP contribution is -2.49. The van der Waals surface area contributed by atoms with E-state index >= 15 is 0 Å². The Balaban J connectivity index is 1.60. The number of furan rings is 1. The van der Waals surface area contributed by atoms with Crippen molar-refractivity contribution in [3.05, 3.63) is 41.2 Å². The highest BCUT2D eigenvalue weighted by atomic mass is 32.2. The van der Waals surface area contributed by atoms with Gasteiger partial charge in [0.15, 0.2) is 0 Å². The minimum Gasteiger partial charge on any atom is -0.469 e. The summed E-state index contributed by atoms with van der Waals surface area (Å²) in [6, 6.07) is 4.74. The summed E-state index contributed by atoms with van der Waals surface area (Å²) in [5.41, 5.74) is 5.04. The molecule has 1 saturated heterocycles. The average Bonchev–Trinajstić information content (AvgIpc) is 3.31. The van der Waals surface area contributed by atoms with E-state index in [2.05, 4.69) is 10.9 Å². The monoisotopic (exact) mass is 397 g/mol. The molecule has 0 unspecified atom stereocenters. The molecule has 2 amide bonds. The number of aryl methyl sites for hydroxylation is 1. The van der Waals surface area contributed by atoms with Crippen molar-refractivity contribution in [2.45, 2.75) is 24.0 Å². The zero-order valence-electron chi connectivity index (χ0n) is 14.1. The summed E-state index contributed by atoms with van der Waals surface area (Å²) >= 11 is 1.15. The Morgan fingerprint density at radius 3 is 2.77 bits per heavy atom. The molecule has 2 aromatic rings. The fourth-order valence-electron chi connectivity index (χ4n) is 2.82. The van der Waals surface area contributed by atoms with Crippen LogP contribution >= 0.6 is 11.3 Å². The first-order valence-corrected chi connectivity index (χ1v) is 10.4. The van der Waals surface area contributed by atoms with Gasteiger partial charge in [0, 0.05) is 13.1 Å². The summed E-state index contributed by atoms with van der Waals surface area (Å²) in [5, 5.41) is 1.70. The second-order valence-electron chi connectivity index (χ2n) is 5.97. The molecular weight excluding hydrogens is 378 g/mol. The number of hydrogen-bond acceptors (Lipinski definition) is 6. The van der Waals surface area contributed by atoms with Crippen molar-refractivity contribution in [3.8, 4) is 0 Å². The molecule has 1 aliphatic heterocycles. The molecule has 140 valence electrons. The summed E-state index contributed by atoms with van der Waals surface area (Å²) in [7, 11) is -3.59. The van der Waals surface area contributed by atoms with E-state index in [0.717, 1.165) is 11.3 Å². The molecule has 3 heterocycles. The number of sulfonamides is 1. The van der Waals surface area contributed by atoms with Gasteiger partial charge in [0.05, 0.1) is 17.7 Å². The zero-order valence-corrected chi connectivity index (χ0v) is 15.7. The van der Waals surface area contributed by atoms with Crippen molar-refractivity contribution in [1.29, 1.82) is 0 Å². The van der Waals surface area contributed by atoms with Gasteiger partial charge in [-0.2, -0.15) is 4.31 Å². The maximum absolute atomic E-state index is 12.6. The van der Waals surface area contributed by atoms with Crippen molar-refractivity contribution in [3.63, 3.8) is 0 Å². The van der Waals surface area contributed by atoms with Crippen LogP contribution in [-0.2, 0) is 14.8 Å². The quantitative estimate of drug-likeness (QED) is 0.760. The molecular formula is C16H19N3O5S2. The van der Waals surface area contributed by atoms with Gasteiger partial charge < -0.3 is 4.42 Å². The highest BCUT2D eigenvalue weighted by Crippen LogP contribution is 2.26. The Bertz CT molecular complexity index is 889. The third kappa shape index (κ3) is 3.81. The van der Waals surface area contributed by atoms with Crippen LogP contribution in [0.15, 0.2) is 38.5 Å². The van der Waals surface area contributed by atoms with Crippen LogP contribution in [-0.4, -0.2) is 37.6 Å². The summed E-state index contributed by atoms with van der Waals surface area (Å²) in [6.45, 7) is 2.11. The molecule has 26 heavy (non-hydrogen) atoms. The van der Waals surface area contributed by atoms with Gasteiger partial charge in [-0.1, -0.05) is 6.07 Å². The van der Waals surface area contributed by atoms with Crippen molar-refractivity contribution in [2.75, 3.05) is 13.1 Å². The Labute approximate surface area is 155 Å². The van der Waals surface area contributed by atoms with Crippen LogP contribution in [0.3, 0.4) is 0 Å². The molecule has 2 aromatic heterocycles. The lowest BCUT2D eigenvalue weighted by molar-refractivity contribution is -0.126. The molecule has 0 radical (unpaired) electrons. The fourth-order valence-corrected chi connectivity index (χ4v) is 5.49. The summed E-state index contributed by atoms with van der Waals surface area (Å²) in [5.74, 6) is -0.971. The van der Waals surface area contributed by atoms with Gasteiger partial charge in [0.2, 0.25) is 5.91 Å². The SMILES string of the molecule is Cc1occc1C(=O)NNC(=O)[C@@H]1CCCN(S(=O)(=O)c2cccs2)C1. The smallest absolute Gasteiger partial charge is 0.273 e. The van der Waals surface area contributed by atoms with E-state index in [1.54, 1.807) is 24.4 Å². The number of nitrogens with zero attached hydrogens (tertiary/aromatic N) is 1. The molecule has 1 atom stereocenters. The molecule has 0 aliphatic carbocycles. The number of hydrogen-bond donors (Lipinski definition) is 2. The molecule has 0 aromatic carbocycles. The minimum atomic E-state index is -3.59. The van der Waals surface area contributed by atoms with Gasteiger partial charge in [0.25, 0.3) is 15.9 Å². The molecule has 0 bridgehead atoms. The third-order valence-corrected chi connectivity index (χ3v) is 7.48. The lowest BCUT2D eigenvalue weighted by Gasteiger charge is -2.30. The molecule has 0 saturated carbocycles. The Morgan fingerprint density at radius 2 is 2.12 bits per heavy atom. The van der Waals surface area contributed by atoms with Crippen LogP contribution in [0.25, 0.3) is 0 Å². The number of thiophene rings is 1. The van der Waals surface area contributed by atoms with Gasteiger partial charge in [-0.25, -0.2) is 8.42 Å². The predicted molar refractivity (Wildman–Crippen MR) is 94.9 cm³/mol. The molecule has 0 spiro atoms. The Morgan fingerprint density at radius 1 is 1.31 bits per heavy atom. The maximum atomic E-state index is 12.6. The largest absolute Gasteiger partial charge is 0.469 e. The van der Waals surface area contributed by atoms with E-state index < -0.39 is 27.8 Å². The van der Waals surface area contributed by atoms with Crippen molar-refractivity contribution in [1.82, 2.24) is 15.2 Å². The molecule has 1 fully saturated rings. The number of carbonyl (C=O) groups excluding carboxylic acids is 2. The van der Waals surface area contributed by atoms with Crippen molar-refractivity contribution in [2.24, 2.45) is 5.92 Å². The van der Waals surface area contributed by atoms with Gasteiger partial charge in [-0.05, 0) is 37.3 Å². The van der Waals surface area contributed by atoms with E-state index in [1.165, 1.54) is 16.6 Å².